The Hall–Kier alpha value is -2.53. The van der Waals surface area contributed by atoms with Gasteiger partial charge in [-0.2, -0.15) is 0 Å². The lowest BCUT2D eigenvalue weighted by atomic mass is 9.92. The van der Waals surface area contributed by atoms with Crippen molar-refractivity contribution in [1.82, 2.24) is 4.90 Å². The van der Waals surface area contributed by atoms with Gasteiger partial charge in [0.25, 0.3) is 5.91 Å². The predicted molar refractivity (Wildman–Crippen MR) is 107 cm³/mol. The van der Waals surface area contributed by atoms with Crippen LogP contribution in [0.25, 0.3) is 0 Å². The highest BCUT2D eigenvalue weighted by molar-refractivity contribution is 6.02. The van der Waals surface area contributed by atoms with Crippen molar-refractivity contribution in [1.29, 1.82) is 0 Å². The molecule has 1 unspecified atom stereocenters. The largest absolute Gasteiger partial charge is 0.491 e. The molecule has 2 aromatic carbocycles. The molecule has 1 heterocycles. The molecule has 1 atom stereocenters. The summed E-state index contributed by atoms with van der Waals surface area (Å²) < 4.78 is 11.0. The number of ether oxygens (including phenoxy) is 2. The Bertz CT molecular complexity index is 788. The molecule has 0 aromatic heterocycles. The van der Waals surface area contributed by atoms with Crippen LogP contribution in [0.15, 0.2) is 48.5 Å². The normalized spacial score (nSPS) is 19.0. The number of amides is 1. The van der Waals surface area contributed by atoms with Gasteiger partial charge < -0.3 is 19.7 Å². The van der Waals surface area contributed by atoms with Crippen LogP contribution in [0.2, 0.25) is 0 Å². The van der Waals surface area contributed by atoms with Gasteiger partial charge in [-0.3, -0.25) is 4.79 Å². The molecule has 0 fully saturated rings. The molecule has 5 heteroatoms. The zero-order valence-corrected chi connectivity index (χ0v) is 16.5. The number of benzene rings is 2. The van der Waals surface area contributed by atoms with Crippen LogP contribution in [-0.2, 0) is 10.4 Å². The number of anilines is 1. The summed E-state index contributed by atoms with van der Waals surface area (Å²) in [6, 6.07) is 15.6. The fourth-order valence-electron chi connectivity index (χ4n) is 3.63. The van der Waals surface area contributed by atoms with Gasteiger partial charge in [-0.1, -0.05) is 24.3 Å². The SMILES string of the molecule is CCOCCOc1ccc(C2(C)Nc3ccccc3C(=O)N2C(C)C)cc1. The summed E-state index contributed by atoms with van der Waals surface area (Å²) in [4.78, 5) is 15.1. The molecule has 0 saturated carbocycles. The number of para-hydroxylation sites is 1. The number of nitrogens with zero attached hydrogens (tertiary/aromatic N) is 1. The van der Waals surface area contributed by atoms with Gasteiger partial charge in [0.05, 0.1) is 12.2 Å². The van der Waals surface area contributed by atoms with E-state index in [1.54, 1.807) is 0 Å². The molecule has 3 rings (SSSR count). The predicted octanol–water partition coefficient (Wildman–Crippen LogP) is 4.25. The zero-order chi connectivity index (χ0) is 19.4. The first-order chi connectivity index (χ1) is 13.0. The lowest BCUT2D eigenvalue weighted by Gasteiger charge is -2.48. The number of carbonyl (C=O) groups is 1. The lowest BCUT2D eigenvalue weighted by Crippen LogP contribution is -2.58. The summed E-state index contributed by atoms with van der Waals surface area (Å²) in [7, 11) is 0. The molecule has 1 aliphatic rings. The van der Waals surface area contributed by atoms with Crippen molar-refractivity contribution in [3.8, 4) is 5.75 Å². The Labute approximate surface area is 161 Å². The van der Waals surface area contributed by atoms with Crippen molar-refractivity contribution in [2.45, 2.75) is 39.4 Å². The first kappa shape index (κ1) is 19.2. The van der Waals surface area contributed by atoms with Gasteiger partial charge in [-0.25, -0.2) is 0 Å². The quantitative estimate of drug-likeness (QED) is 0.742. The molecule has 0 saturated heterocycles. The molecule has 2 aromatic rings. The van der Waals surface area contributed by atoms with E-state index in [1.807, 2.05) is 81.1 Å². The number of rotatable bonds is 7. The fraction of sp³-hybridized carbons (Fsp3) is 0.409. The molecule has 0 spiro atoms. The third kappa shape index (κ3) is 3.78. The van der Waals surface area contributed by atoms with Gasteiger partial charge in [0.15, 0.2) is 0 Å². The third-order valence-electron chi connectivity index (χ3n) is 4.87. The molecule has 27 heavy (non-hydrogen) atoms. The first-order valence-electron chi connectivity index (χ1n) is 9.49. The van der Waals surface area contributed by atoms with Crippen molar-refractivity contribution in [3.05, 3.63) is 59.7 Å². The number of fused-ring (bicyclic) bond motifs is 1. The minimum atomic E-state index is -0.635. The maximum atomic E-state index is 13.2. The van der Waals surface area contributed by atoms with E-state index in [9.17, 15) is 4.79 Å². The average Bonchev–Trinajstić information content (AvgIpc) is 2.65. The van der Waals surface area contributed by atoms with Crippen molar-refractivity contribution in [3.63, 3.8) is 0 Å². The van der Waals surface area contributed by atoms with E-state index in [2.05, 4.69) is 5.32 Å². The minimum Gasteiger partial charge on any atom is -0.491 e. The molecular formula is C22H28N2O3. The Morgan fingerprint density at radius 2 is 1.78 bits per heavy atom. The fourth-order valence-corrected chi connectivity index (χ4v) is 3.63. The highest BCUT2D eigenvalue weighted by Crippen LogP contribution is 2.39. The second kappa shape index (κ2) is 8.01. The average molecular weight is 368 g/mol. The molecular weight excluding hydrogens is 340 g/mol. The Kier molecular flexibility index (Phi) is 5.71. The minimum absolute atomic E-state index is 0.0406. The van der Waals surface area contributed by atoms with E-state index in [0.29, 0.717) is 25.4 Å². The number of hydrogen-bond donors (Lipinski definition) is 1. The van der Waals surface area contributed by atoms with Gasteiger partial charge in [0.1, 0.15) is 18.0 Å². The standard InChI is InChI=1S/C22H28N2O3/c1-5-26-14-15-27-18-12-10-17(11-13-18)22(4)23-20-9-7-6-8-19(20)21(25)24(22)16(2)3/h6-13,16,23H,5,14-15H2,1-4H3. The van der Waals surface area contributed by atoms with Crippen LogP contribution in [0.3, 0.4) is 0 Å². The summed E-state index contributed by atoms with van der Waals surface area (Å²) in [5.74, 6) is 0.833. The summed E-state index contributed by atoms with van der Waals surface area (Å²) in [5.41, 5.74) is 1.94. The molecule has 1 aliphatic heterocycles. The smallest absolute Gasteiger partial charge is 0.258 e. The molecule has 0 bridgehead atoms. The van der Waals surface area contributed by atoms with Crippen molar-refractivity contribution >= 4 is 11.6 Å². The van der Waals surface area contributed by atoms with E-state index in [1.165, 1.54) is 0 Å². The van der Waals surface area contributed by atoms with Gasteiger partial charge >= 0.3 is 0 Å². The van der Waals surface area contributed by atoms with Crippen LogP contribution < -0.4 is 10.1 Å². The van der Waals surface area contributed by atoms with Gasteiger partial charge in [0.2, 0.25) is 0 Å². The summed E-state index contributed by atoms with van der Waals surface area (Å²) in [6.07, 6.45) is 0. The Morgan fingerprint density at radius 1 is 1.07 bits per heavy atom. The second-order valence-corrected chi connectivity index (χ2v) is 7.08. The lowest BCUT2D eigenvalue weighted by molar-refractivity contribution is 0.0433. The highest BCUT2D eigenvalue weighted by atomic mass is 16.5. The maximum Gasteiger partial charge on any atom is 0.258 e. The summed E-state index contributed by atoms with van der Waals surface area (Å²) in [5, 5.41) is 3.58. The summed E-state index contributed by atoms with van der Waals surface area (Å²) in [6.45, 7) is 9.87. The Morgan fingerprint density at radius 3 is 2.44 bits per heavy atom. The third-order valence-corrected chi connectivity index (χ3v) is 4.87. The van der Waals surface area contributed by atoms with E-state index in [0.717, 1.165) is 17.0 Å². The summed E-state index contributed by atoms with van der Waals surface area (Å²) >= 11 is 0. The van der Waals surface area contributed by atoms with Crippen molar-refractivity contribution < 1.29 is 14.3 Å². The Balaban J connectivity index is 1.88. The zero-order valence-electron chi connectivity index (χ0n) is 16.5. The highest BCUT2D eigenvalue weighted by Gasteiger charge is 2.43. The molecule has 1 amide bonds. The molecule has 0 aliphatic carbocycles. The van der Waals surface area contributed by atoms with Crippen LogP contribution in [0.4, 0.5) is 5.69 Å². The molecule has 5 nitrogen and oxygen atoms in total. The van der Waals surface area contributed by atoms with E-state index in [4.69, 9.17) is 9.47 Å². The first-order valence-corrected chi connectivity index (χ1v) is 9.49. The van der Waals surface area contributed by atoms with Crippen molar-refractivity contribution in [2.24, 2.45) is 0 Å². The van der Waals surface area contributed by atoms with Crippen LogP contribution >= 0.6 is 0 Å². The van der Waals surface area contributed by atoms with Crippen LogP contribution in [0, 0.1) is 0 Å². The second-order valence-electron chi connectivity index (χ2n) is 7.08. The van der Waals surface area contributed by atoms with E-state index >= 15 is 0 Å². The van der Waals surface area contributed by atoms with Gasteiger partial charge in [-0.05, 0) is 57.5 Å². The maximum absolute atomic E-state index is 13.2. The molecule has 1 N–H and O–H groups in total. The van der Waals surface area contributed by atoms with Crippen LogP contribution in [0.1, 0.15) is 43.6 Å². The van der Waals surface area contributed by atoms with Crippen molar-refractivity contribution in [2.75, 3.05) is 25.1 Å². The van der Waals surface area contributed by atoms with Gasteiger partial charge in [-0.15, -0.1) is 0 Å². The molecule has 144 valence electrons. The van der Waals surface area contributed by atoms with Crippen LogP contribution in [0.5, 0.6) is 5.75 Å². The van der Waals surface area contributed by atoms with Crippen LogP contribution in [-0.4, -0.2) is 36.7 Å². The monoisotopic (exact) mass is 368 g/mol. The number of carbonyl (C=O) groups excluding carboxylic acids is 1. The van der Waals surface area contributed by atoms with E-state index < -0.39 is 5.66 Å². The van der Waals surface area contributed by atoms with Gasteiger partial charge in [0, 0.05) is 18.3 Å². The number of hydrogen-bond acceptors (Lipinski definition) is 4. The topological polar surface area (TPSA) is 50.8 Å². The van der Waals surface area contributed by atoms with E-state index in [-0.39, 0.29) is 11.9 Å². The number of nitrogens with one attached hydrogen (secondary N) is 1. The molecule has 0 radical (unpaired) electrons.